The number of aromatic amines is 1. The van der Waals surface area contributed by atoms with Gasteiger partial charge >= 0.3 is 0 Å². The minimum Gasteiger partial charge on any atom is -0.349 e. The lowest BCUT2D eigenvalue weighted by molar-refractivity contribution is 0.0929. The zero-order chi connectivity index (χ0) is 21.1. The molecule has 4 rings (SSSR count). The Bertz CT molecular complexity index is 1160. The van der Waals surface area contributed by atoms with Crippen molar-refractivity contribution in [1.29, 1.82) is 5.26 Å². The summed E-state index contributed by atoms with van der Waals surface area (Å²) in [6.07, 6.45) is 4.92. The molecule has 30 heavy (non-hydrogen) atoms. The van der Waals surface area contributed by atoms with Gasteiger partial charge in [-0.05, 0) is 68.2 Å². The van der Waals surface area contributed by atoms with E-state index in [1.54, 1.807) is 36.5 Å². The number of aryl methyl sites for hydroxylation is 1. The molecule has 0 radical (unpaired) electrons. The number of nitrogens with zero attached hydrogens (tertiary/aromatic N) is 3. The van der Waals surface area contributed by atoms with Gasteiger partial charge in [-0.25, -0.2) is 9.67 Å². The van der Waals surface area contributed by atoms with Gasteiger partial charge in [0.1, 0.15) is 0 Å². The molecule has 8 nitrogen and oxygen atoms in total. The van der Waals surface area contributed by atoms with Crippen LogP contribution in [-0.2, 0) is 0 Å². The second kappa shape index (κ2) is 8.35. The maximum Gasteiger partial charge on any atom is 0.280 e. The Kier molecular flexibility index (Phi) is 5.46. The fourth-order valence-electron chi connectivity index (χ4n) is 3.66. The summed E-state index contributed by atoms with van der Waals surface area (Å²) in [7, 11) is 0. The maximum absolute atomic E-state index is 12.9. The molecule has 2 aromatic heterocycles. The molecule has 1 amide bonds. The van der Waals surface area contributed by atoms with E-state index in [1.807, 2.05) is 6.92 Å². The van der Waals surface area contributed by atoms with E-state index in [0.29, 0.717) is 22.5 Å². The van der Waals surface area contributed by atoms with Crippen LogP contribution >= 0.6 is 0 Å². The van der Waals surface area contributed by atoms with Crippen molar-refractivity contribution < 1.29 is 4.79 Å². The standard InChI is InChI=1S/C22H22N6O2/c1-14-10-15(11-23)2-4-18(14)19-13-26-28(22(19)30)20-5-3-16(12-25-20)21(29)27-17-6-8-24-9-7-17/h2-5,10,12-13,17,24,26H,6-9H2,1H3,(H,27,29). The highest BCUT2D eigenvalue weighted by molar-refractivity contribution is 5.94. The largest absolute Gasteiger partial charge is 0.349 e. The van der Waals surface area contributed by atoms with Gasteiger partial charge < -0.3 is 10.6 Å². The number of aromatic nitrogens is 3. The number of carbonyl (C=O) groups is 1. The summed E-state index contributed by atoms with van der Waals surface area (Å²) in [5.74, 6) is 0.240. The molecule has 0 aliphatic carbocycles. The molecule has 1 fully saturated rings. The van der Waals surface area contributed by atoms with Crippen LogP contribution < -0.4 is 16.2 Å². The lowest BCUT2D eigenvalue weighted by atomic mass is 10.0. The number of piperidine rings is 1. The number of hydrogen-bond acceptors (Lipinski definition) is 5. The van der Waals surface area contributed by atoms with Crippen LogP contribution in [-0.4, -0.2) is 39.8 Å². The van der Waals surface area contributed by atoms with Crippen LogP contribution in [0.3, 0.4) is 0 Å². The first kappa shape index (κ1) is 19.6. The second-order valence-corrected chi connectivity index (χ2v) is 7.37. The van der Waals surface area contributed by atoms with E-state index in [4.69, 9.17) is 5.26 Å². The first-order valence-electron chi connectivity index (χ1n) is 9.86. The van der Waals surface area contributed by atoms with Gasteiger partial charge in [0.25, 0.3) is 11.5 Å². The van der Waals surface area contributed by atoms with Crippen LogP contribution in [0, 0.1) is 18.3 Å². The van der Waals surface area contributed by atoms with E-state index >= 15 is 0 Å². The molecule has 1 aromatic carbocycles. The molecule has 3 aromatic rings. The Morgan fingerprint density at radius 1 is 1.23 bits per heavy atom. The molecule has 8 heteroatoms. The number of pyridine rings is 1. The summed E-state index contributed by atoms with van der Waals surface area (Å²) in [4.78, 5) is 29.6. The topological polar surface area (TPSA) is 116 Å². The minimum absolute atomic E-state index is 0.159. The number of hydrogen-bond donors (Lipinski definition) is 3. The van der Waals surface area contributed by atoms with Crippen molar-refractivity contribution in [3.05, 3.63) is 69.8 Å². The molecule has 0 atom stereocenters. The highest BCUT2D eigenvalue weighted by Gasteiger charge is 2.17. The molecule has 0 spiro atoms. The van der Waals surface area contributed by atoms with Crippen LogP contribution in [0.1, 0.15) is 34.3 Å². The Hall–Kier alpha value is -3.70. The van der Waals surface area contributed by atoms with Crippen molar-refractivity contribution in [3.63, 3.8) is 0 Å². The number of rotatable bonds is 4. The van der Waals surface area contributed by atoms with Gasteiger partial charge in [-0.3, -0.25) is 14.7 Å². The quantitative estimate of drug-likeness (QED) is 0.616. The molecular formula is C22H22N6O2. The number of nitriles is 1. The molecule has 0 unspecified atom stereocenters. The van der Waals surface area contributed by atoms with Crippen LogP contribution in [0.25, 0.3) is 16.9 Å². The molecule has 1 aliphatic heterocycles. The summed E-state index contributed by atoms with van der Waals surface area (Å²) in [6.45, 7) is 3.67. The third-order valence-electron chi connectivity index (χ3n) is 5.33. The third-order valence-corrected chi connectivity index (χ3v) is 5.33. The van der Waals surface area contributed by atoms with Gasteiger partial charge in [0.2, 0.25) is 0 Å². The molecule has 0 saturated carbocycles. The van der Waals surface area contributed by atoms with E-state index in [2.05, 4.69) is 26.8 Å². The highest BCUT2D eigenvalue weighted by Crippen LogP contribution is 2.21. The van der Waals surface area contributed by atoms with E-state index < -0.39 is 0 Å². The first-order valence-corrected chi connectivity index (χ1v) is 9.86. The van der Waals surface area contributed by atoms with Crippen molar-refractivity contribution in [2.45, 2.75) is 25.8 Å². The average molecular weight is 402 g/mol. The molecule has 0 bridgehead atoms. The van der Waals surface area contributed by atoms with Gasteiger partial charge in [-0.2, -0.15) is 5.26 Å². The van der Waals surface area contributed by atoms with E-state index in [9.17, 15) is 9.59 Å². The fraction of sp³-hybridized carbons (Fsp3) is 0.273. The maximum atomic E-state index is 12.9. The molecule has 3 heterocycles. The van der Waals surface area contributed by atoms with Crippen molar-refractivity contribution in [1.82, 2.24) is 25.4 Å². The highest BCUT2D eigenvalue weighted by atomic mass is 16.2. The monoisotopic (exact) mass is 402 g/mol. The van der Waals surface area contributed by atoms with Crippen LogP contribution in [0.2, 0.25) is 0 Å². The van der Waals surface area contributed by atoms with E-state index in [1.165, 1.54) is 10.9 Å². The molecular weight excluding hydrogens is 380 g/mol. The SMILES string of the molecule is Cc1cc(C#N)ccc1-c1c[nH]n(-c2ccc(C(=O)NC3CCNCC3)cn2)c1=O. The predicted octanol–water partition coefficient (Wildman–Crippen LogP) is 1.89. The summed E-state index contributed by atoms with van der Waals surface area (Å²) < 4.78 is 1.33. The summed E-state index contributed by atoms with van der Waals surface area (Å²) in [5, 5.41) is 18.2. The van der Waals surface area contributed by atoms with Gasteiger partial charge in [-0.1, -0.05) is 6.07 Å². The number of benzene rings is 1. The van der Waals surface area contributed by atoms with Crippen molar-refractivity contribution >= 4 is 5.91 Å². The molecule has 3 N–H and O–H groups in total. The lowest BCUT2D eigenvalue weighted by Crippen LogP contribution is -2.42. The second-order valence-electron chi connectivity index (χ2n) is 7.37. The zero-order valence-electron chi connectivity index (χ0n) is 16.6. The summed E-state index contributed by atoms with van der Waals surface area (Å²) in [6, 6.07) is 10.8. The number of nitrogens with one attached hydrogen (secondary N) is 3. The number of amides is 1. The van der Waals surface area contributed by atoms with Crippen LogP contribution in [0.4, 0.5) is 0 Å². The van der Waals surface area contributed by atoms with Crippen molar-refractivity contribution in [2.24, 2.45) is 0 Å². The van der Waals surface area contributed by atoms with Gasteiger partial charge in [0, 0.05) is 18.4 Å². The first-order chi connectivity index (χ1) is 14.6. The third kappa shape index (κ3) is 3.88. The summed E-state index contributed by atoms with van der Waals surface area (Å²) in [5.41, 5.74) is 2.85. The van der Waals surface area contributed by atoms with E-state index in [0.717, 1.165) is 37.1 Å². The smallest absolute Gasteiger partial charge is 0.280 e. The molecule has 152 valence electrons. The molecule has 1 saturated heterocycles. The van der Waals surface area contributed by atoms with Gasteiger partial charge in [-0.15, -0.1) is 0 Å². The lowest BCUT2D eigenvalue weighted by Gasteiger charge is -2.23. The average Bonchev–Trinajstić information content (AvgIpc) is 3.15. The number of carbonyl (C=O) groups excluding carboxylic acids is 1. The molecule has 1 aliphatic rings. The minimum atomic E-state index is -0.248. The fourth-order valence-corrected chi connectivity index (χ4v) is 3.66. The Balaban J connectivity index is 1.55. The van der Waals surface area contributed by atoms with Crippen molar-refractivity contribution in [3.8, 4) is 23.0 Å². The van der Waals surface area contributed by atoms with Crippen molar-refractivity contribution in [2.75, 3.05) is 13.1 Å². The van der Waals surface area contributed by atoms with Crippen LogP contribution in [0.15, 0.2) is 47.5 Å². The van der Waals surface area contributed by atoms with Crippen LogP contribution in [0.5, 0.6) is 0 Å². The Morgan fingerprint density at radius 3 is 2.70 bits per heavy atom. The summed E-state index contributed by atoms with van der Waals surface area (Å²) >= 11 is 0. The van der Waals surface area contributed by atoms with E-state index in [-0.39, 0.29) is 17.5 Å². The Labute approximate surface area is 173 Å². The predicted molar refractivity (Wildman–Crippen MR) is 112 cm³/mol. The van der Waals surface area contributed by atoms with Gasteiger partial charge in [0.15, 0.2) is 5.82 Å². The zero-order valence-corrected chi connectivity index (χ0v) is 16.6. The Morgan fingerprint density at radius 2 is 2.03 bits per heavy atom. The number of H-pyrrole nitrogens is 1. The van der Waals surface area contributed by atoms with Gasteiger partial charge in [0.05, 0.1) is 22.8 Å². The normalized spacial score (nSPS) is 14.3.